The quantitative estimate of drug-likeness (QED) is 0.735. The van der Waals surface area contributed by atoms with Crippen molar-refractivity contribution in [3.8, 4) is 11.4 Å². The van der Waals surface area contributed by atoms with E-state index in [1.807, 2.05) is 18.2 Å². The molecule has 3 aromatic rings. The number of nitrogens with zero attached hydrogens (tertiary/aromatic N) is 6. The van der Waals surface area contributed by atoms with E-state index in [9.17, 15) is 0 Å². The Morgan fingerprint density at radius 1 is 1.19 bits per heavy atom. The molecule has 0 saturated heterocycles. The first-order chi connectivity index (χ1) is 10.3. The Kier molecular flexibility index (Phi) is 2.92. The van der Waals surface area contributed by atoms with Gasteiger partial charge in [0, 0.05) is 11.5 Å². The second-order valence-corrected chi connectivity index (χ2v) is 5.34. The standard InChI is InChI=1S/C13H11ClN6O/c14-10-4-2-1-3-9(10)12-16-19-20(18-12)7-11-15-17-13(21-11)8-5-6-8/h1-4,8H,5-7H2. The average Bonchev–Trinajstić information content (AvgIpc) is 3.06. The van der Waals surface area contributed by atoms with Crippen LogP contribution < -0.4 is 0 Å². The molecule has 0 unspecified atom stereocenters. The number of hydrogen-bond acceptors (Lipinski definition) is 6. The van der Waals surface area contributed by atoms with Gasteiger partial charge in [-0.3, -0.25) is 0 Å². The second kappa shape index (κ2) is 4.92. The van der Waals surface area contributed by atoms with Crippen molar-refractivity contribution < 1.29 is 4.42 Å². The summed E-state index contributed by atoms with van der Waals surface area (Å²) in [7, 11) is 0. The van der Waals surface area contributed by atoms with E-state index in [1.54, 1.807) is 6.07 Å². The van der Waals surface area contributed by atoms with E-state index in [0.29, 0.717) is 35.1 Å². The molecule has 8 heteroatoms. The Hall–Kier alpha value is -2.28. The first kappa shape index (κ1) is 12.5. The van der Waals surface area contributed by atoms with Crippen LogP contribution in [0.5, 0.6) is 0 Å². The van der Waals surface area contributed by atoms with Gasteiger partial charge in [0.25, 0.3) is 0 Å². The summed E-state index contributed by atoms with van der Waals surface area (Å²) in [4.78, 5) is 1.42. The van der Waals surface area contributed by atoms with Crippen LogP contribution in [0, 0.1) is 0 Å². The fourth-order valence-electron chi connectivity index (χ4n) is 2.01. The van der Waals surface area contributed by atoms with Crippen molar-refractivity contribution in [1.29, 1.82) is 0 Å². The fraction of sp³-hybridized carbons (Fsp3) is 0.308. The molecule has 1 aromatic carbocycles. The summed E-state index contributed by atoms with van der Waals surface area (Å²) < 4.78 is 5.57. The summed E-state index contributed by atoms with van der Waals surface area (Å²) in [5.41, 5.74) is 0.745. The number of rotatable bonds is 4. The number of aromatic nitrogens is 6. The first-order valence-corrected chi connectivity index (χ1v) is 7.02. The van der Waals surface area contributed by atoms with E-state index in [4.69, 9.17) is 16.0 Å². The van der Waals surface area contributed by atoms with E-state index < -0.39 is 0 Å². The van der Waals surface area contributed by atoms with Crippen LogP contribution in [0.15, 0.2) is 28.7 Å². The van der Waals surface area contributed by atoms with Gasteiger partial charge in [0.15, 0.2) is 0 Å². The third-order valence-corrected chi connectivity index (χ3v) is 3.58. The zero-order chi connectivity index (χ0) is 14.2. The maximum absolute atomic E-state index is 6.12. The molecule has 0 N–H and O–H groups in total. The molecule has 4 rings (SSSR count). The van der Waals surface area contributed by atoms with Gasteiger partial charge in [-0.2, -0.15) is 4.80 Å². The molecule has 0 atom stereocenters. The van der Waals surface area contributed by atoms with E-state index in [2.05, 4.69) is 25.6 Å². The molecule has 0 aliphatic heterocycles. The van der Waals surface area contributed by atoms with Gasteiger partial charge in [0.1, 0.15) is 6.54 Å². The SMILES string of the molecule is Clc1ccccc1-c1nnn(Cc2nnc(C3CC3)o2)n1. The van der Waals surface area contributed by atoms with Gasteiger partial charge in [-0.25, -0.2) is 0 Å². The lowest BCUT2D eigenvalue weighted by molar-refractivity contribution is 0.414. The van der Waals surface area contributed by atoms with Gasteiger partial charge < -0.3 is 4.42 Å². The Balaban J connectivity index is 1.55. The van der Waals surface area contributed by atoms with Crippen molar-refractivity contribution in [1.82, 2.24) is 30.4 Å². The van der Waals surface area contributed by atoms with Gasteiger partial charge in [-0.05, 0) is 30.2 Å². The molecule has 0 spiro atoms. The fourth-order valence-corrected chi connectivity index (χ4v) is 2.23. The Morgan fingerprint density at radius 2 is 2.05 bits per heavy atom. The first-order valence-electron chi connectivity index (χ1n) is 6.64. The van der Waals surface area contributed by atoms with Crippen LogP contribution in [0.25, 0.3) is 11.4 Å². The van der Waals surface area contributed by atoms with Crippen LogP contribution in [-0.2, 0) is 6.54 Å². The zero-order valence-corrected chi connectivity index (χ0v) is 11.7. The molecule has 0 amide bonds. The van der Waals surface area contributed by atoms with Crippen LogP contribution in [0.3, 0.4) is 0 Å². The summed E-state index contributed by atoms with van der Waals surface area (Å²) in [5, 5.41) is 20.9. The predicted molar refractivity (Wildman–Crippen MR) is 73.6 cm³/mol. The summed E-state index contributed by atoms with van der Waals surface area (Å²) >= 11 is 6.12. The molecular formula is C13H11ClN6O. The van der Waals surface area contributed by atoms with Gasteiger partial charge in [0.05, 0.1) is 5.02 Å². The smallest absolute Gasteiger partial charge is 0.239 e. The van der Waals surface area contributed by atoms with Crippen LogP contribution in [0.4, 0.5) is 0 Å². The minimum absolute atomic E-state index is 0.303. The zero-order valence-electron chi connectivity index (χ0n) is 11.0. The Bertz CT molecular complexity index is 778. The number of halogens is 1. The maximum atomic E-state index is 6.12. The summed E-state index contributed by atoms with van der Waals surface area (Å²) in [6.07, 6.45) is 2.25. The van der Waals surface area contributed by atoms with Crippen molar-refractivity contribution in [2.75, 3.05) is 0 Å². The van der Waals surface area contributed by atoms with Gasteiger partial charge in [-0.1, -0.05) is 23.7 Å². The number of hydrogen-bond donors (Lipinski definition) is 0. The van der Waals surface area contributed by atoms with Gasteiger partial charge in [-0.15, -0.1) is 20.4 Å². The van der Waals surface area contributed by atoms with Crippen molar-refractivity contribution in [2.24, 2.45) is 0 Å². The van der Waals surface area contributed by atoms with Crippen molar-refractivity contribution >= 4 is 11.6 Å². The highest BCUT2D eigenvalue weighted by atomic mass is 35.5. The molecule has 1 saturated carbocycles. The third kappa shape index (κ3) is 2.52. The van der Waals surface area contributed by atoms with Crippen LogP contribution in [0.2, 0.25) is 5.02 Å². The minimum atomic E-state index is 0.303. The monoisotopic (exact) mass is 302 g/mol. The largest absolute Gasteiger partial charge is 0.423 e. The summed E-state index contributed by atoms with van der Waals surface area (Å²) in [5.74, 6) is 2.10. The molecule has 1 fully saturated rings. The Morgan fingerprint density at radius 3 is 2.86 bits per heavy atom. The van der Waals surface area contributed by atoms with E-state index in [0.717, 1.165) is 18.4 Å². The molecule has 1 aliphatic carbocycles. The molecule has 7 nitrogen and oxygen atoms in total. The van der Waals surface area contributed by atoms with Gasteiger partial charge >= 0.3 is 0 Å². The lowest BCUT2D eigenvalue weighted by atomic mass is 10.2. The van der Waals surface area contributed by atoms with E-state index in [-0.39, 0.29) is 0 Å². The van der Waals surface area contributed by atoms with Gasteiger partial charge in [0.2, 0.25) is 17.6 Å². The molecule has 1 aliphatic rings. The number of benzene rings is 1. The summed E-state index contributed by atoms with van der Waals surface area (Å²) in [6.45, 7) is 0.303. The molecule has 106 valence electrons. The van der Waals surface area contributed by atoms with Crippen molar-refractivity contribution in [3.05, 3.63) is 41.1 Å². The topological polar surface area (TPSA) is 82.5 Å². The average molecular weight is 303 g/mol. The maximum Gasteiger partial charge on any atom is 0.239 e. The lowest BCUT2D eigenvalue weighted by Gasteiger charge is -1.96. The summed E-state index contributed by atoms with van der Waals surface area (Å²) in [6, 6.07) is 7.37. The third-order valence-electron chi connectivity index (χ3n) is 3.25. The molecule has 0 bridgehead atoms. The van der Waals surface area contributed by atoms with Crippen LogP contribution in [-0.4, -0.2) is 30.4 Å². The lowest BCUT2D eigenvalue weighted by Crippen LogP contribution is -2.04. The molecule has 2 heterocycles. The van der Waals surface area contributed by atoms with Crippen LogP contribution in [0.1, 0.15) is 30.5 Å². The van der Waals surface area contributed by atoms with Crippen molar-refractivity contribution in [3.63, 3.8) is 0 Å². The normalized spacial score (nSPS) is 14.5. The van der Waals surface area contributed by atoms with Crippen LogP contribution >= 0.6 is 11.6 Å². The highest BCUT2D eigenvalue weighted by Gasteiger charge is 2.29. The van der Waals surface area contributed by atoms with Crippen molar-refractivity contribution in [2.45, 2.75) is 25.3 Å². The molecule has 2 aromatic heterocycles. The van der Waals surface area contributed by atoms with E-state index in [1.165, 1.54) is 4.80 Å². The van der Waals surface area contributed by atoms with E-state index >= 15 is 0 Å². The molecule has 21 heavy (non-hydrogen) atoms. The Labute approximate surface area is 124 Å². The second-order valence-electron chi connectivity index (χ2n) is 4.93. The highest BCUT2D eigenvalue weighted by molar-refractivity contribution is 6.33. The molecular weight excluding hydrogens is 292 g/mol. The number of tetrazole rings is 1. The minimum Gasteiger partial charge on any atom is -0.423 e. The predicted octanol–water partition coefficient (Wildman–Crippen LogP) is 2.30. The highest BCUT2D eigenvalue weighted by Crippen LogP contribution is 2.39. The molecule has 0 radical (unpaired) electrons.